The first-order valence-electron chi connectivity index (χ1n) is 8.65. The average molecular weight is 397 g/mol. The van der Waals surface area contributed by atoms with Crippen LogP contribution < -0.4 is 10.9 Å². The molecule has 0 unspecified atom stereocenters. The summed E-state index contributed by atoms with van der Waals surface area (Å²) in [6.45, 7) is 4.34. The Bertz CT molecular complexity index is 927. The zero-order valence-corrected chi connectivity index (χ0v) is 16.7. The Labute approximate surface area is 163 Å². The first-order valence-corrected chi connectivity index (χ1v) is 8.65. The third kappa shape index (κ3) is 4.41. The minimum atomic E-state index is -0.566. The van der Waals surface area contributed by atoms with Crippen molar-refractivity contribution in [3.05, 3.63) is 22.0 Å². The standard InChI is InChI=1S/C17H24N6O3.ClH/c1-10(2)8-22-13-7-12(18-9-21(3)4)20-23(13)17(26)14(16(22)25)15(24)19-11-5-6-11;/h7,9-11,26H,5-6,8H2,1-4H3,(H,19,24);1H/b18-9+;. The number of hydrogen-bond acceptors (Lipinski definition) is 5. The van der Waals surface area contributed by atoms with E-state index in [1.807, 2.05) is 27.9 Å². The summed E-state index contributed by atoms with van der Waals surface area (Å²) in [5.41, 5.74) is -0.406. The summed E-state index contributed by atoms with van der Waals surface area (Å²) in [4.78, 5) is 31.3. The van der Waals surface area contributed by atoms with Gasteiger partial charge in [0.25, 0.3) is 11.5 Å². The molecule has 0 aromatic carbocycles. The maximum absolute atomic E-state index is 12.9. The van der Waals surface area contributed by atoms with Crippen LogP contribution in [0.25, 0.3) is 5.65 Å². The van der Waals surface area contributed by atoms with Crippen LogP contribution in [0.1, 0.15) is 37.0 Å². The highest BCUT2D eigenvalue weighted by Crippen LogP contribution is 2.23. The molecule has 1 fully saturated rings. The number of rotatable bonds is 6. The van der Waals surface area contributed by atoms with Crippen LogP contribution >= 0.6 is 12.4 Å². The summed E-state index contributed by atoms with van der Waals surface area (Å²) in [5, 5.41) is 17.5. The van der Waals surface area contributed by atoms with Crippen molar-refractivity contribution in [2.45, 2.75) is 39.3 Å². The molecule has 1 amide bonds. The molecule has 2 aromatic rings. The summed E-state index contributed by atoms with van der Waals surface area (Å²) in [5.74, 6) is -0.521. The fourth-order valence-corrected chi connectivity index (χ4v) is 2.61. The first-order chi connectivity index (χ1) is 12.3. The summed E-state index contributed by atoms with van der Waals surface area (Å²) < 4.78 is 2.67. The molecule has 1 saturated carbocycles. The molecule has 2 N–H and O–H groups in total. The van der Waals surface area contributed by atoms with E-state index in [9.17, 15) is 14.7 Å². The van der Waals surface area contributed by atoms with E-state index in [-0.39, 0.29) is 29.9 Å². The van der Waals surface area contributed by atoms with E-state index in [1.54, 1.807) is 17.3 Å². The molecule has 0 spiro atoms. The lowest BCUT2D eigenvalue weighted by molar-refractivity contribution is 0.0944. The summed E-state index contributed by atoms with van der Waals surface area (Å²) in [6.07, 6.45) is 3.35. The number of aromatic hydroxyl groups is 1. The number of carbonyl (C=O) groups is 1. The van der Waals surface area contributed by atoms with Crippen molar-refractivity contribution < 1.29 is 9.90 Å². The van der Waals surface area contributed by atoms with Gasteiger partial charge in [-0.2, -0.15) is 4.52 Å². The smallest absolute Gasteiger partial charge is 0.270 e. The van der Waals surface area contributed by atoms with E-state index >= 15 is 0 Å². The van der Waals surface area contributed by atoms with Crippen molar-refractivity contribution in [1.82, 2.24) is 24.4 Å². The topological polar surface area (TPSA) is 104 Å². The SMILES string of the molecule is CC(C)Cn1c(=O)c(C(=O)NC2CC2)c(O)n2nc(/N=C/N(C)C)cc12.Cl. The number of aliphatic imine (C=N–C) groups is 1. The molecule has 2 heterocycles. The number of amides is 1. The lowest BCUT2D eigenvalue weighted by Crippen LogP contribution is -2.36. The molecule has 0 aliphatic heterocycles. The predicted molar refractivity (Wildman–Crippen MR) is 106 cm³/mol. The normalized spacial score (nSPS) is 14.0. The van der Waals surface area contributed by atoms with Crippen LogP contribution in [0.15, 0.2) is 15.9 Å². The number of aromatic nitrogens is 3. The molecule has 3 rings (SSSR count). The van der Waals surface area contributed by atoms with Gasteiger partial charge in [0.2, 0.25) is 5.88 Å². The third-order valence-corrected chi connectivity index (χ3v) is 3.95. The number of carbonyl (C=O) groups excluding carboxylic acids is 1. The van der Waals surface area contributed by atoms with Crippen molar-refractivity contribution >= 4 is 36.1 Å². The zero-order valence-electron chi connectivity index (χ0n) is 15.8. The summed E-state index contributed by atoms with van der Waals surface area (Å²) >= 11 is 0. The number of hydrogen-bond donors (Lipinski definition) is 2. The predicted octanol–water partition coefficient (Wildman–Crippen LogP) is 1.39. The van der Waals surface area contributed by atoms with Gasteiger partial charge in [0, 0.05) is 32.7 Å². The van der Waals surface area contributed by atoms with Crippen LogP contribution in [0.3, 0.4) is 0 Å². The fourth-order valence-electron chi connectivity index (χ4n) is 2.61. The Balaban J connectivity index is 0.00000261. The maximum atomic E-state index is 12.9. The van der Waals surface area contributed by atoms with E-state index in [4.69, 9.17) is 0 Å². The van der Waals surface area contributed by atoms with Gasteiger partial charge < -0.3 is 15.3 Å². The highest BCUT2D eigenvalue weighted by Gasteiger charge is 2.29. The molecule has 148 valence electrons. The maximum Gasteiger partial charge on any atom is 0.270 e. The van der Waals surface area contributed by atoms with E-state index in [0.717, 1.165) is 12.8 Å². The molecule has 1 aliphatic carbocycles. The lowest BCUT2D eigenvalue weighted by atomic mass is 10.2. The summed E-state index contributed by atoms with van der Waals surface area (Å²) in [7, 11) is 3.65. The van der Waals surface area contributed by atoms with Gasteiger partial charge in [-0.1, -0.05) is 13.8 Å². The Hall–Kier alpha value is -2.55. The van der Waals surface area contributed by atoms with Crippen LogP contribution in [0.5, 0.6) is 5.88 Å². The van der Waals surface area contributed by atoms with Crippen LogP contribution in [0.4, 0.5) is 5.82 Å². The van der Waals surface area contributed by atoms with Crippen molar-refractivity contribution in [2.24, 2.45) is 10.9 Å². The quantitative estimate of drug-likeness (QED) is 0.567. The van der Waals surface area contributed by atoms with Gasteiger partial charge in [0.15, 0.2) is 11.4 Å². The van der Waals surface area contributed by atoms with Gasteiger partial charge in [-0.3, -0.25) is 14.2 Å². The monoisotopic (exact) mass is 396 g/mol. The van der Waals surface area contributed by atoms with Gasteiger partial charge in [-0.25, -0.2) is 4.99 Å². The Morgan fingerprint density at radius 3 is 2.70 bits per heavy atom. The molecule has 9 nitrogen and oxygen atoms in total. The number of nitrogens with zero attached hydrogens (tertiary/aromatic N) is 5. The zero-order chi connectivity index (χ0) is 19.0. The van der Waals surface area contributed by atoms with Crippen LogP contribution in [0.2, 0.25) is 0 Å². The van der Waals surface area contributed by atoms with Gasteiger partial charge in [0.05, 0.1) is 6.34 Å². The number of halogens is 1. The Morgan fingerprint density at radius 2 is 2.15 bits per heavy atom. The summed E-state index contributed by atoms with van der Waals surface area (Å²) in [6, 6.07) is 1.69. The van der Waals surface area contributed by atoms with Crippen molar-refractivity contribution in [3.63, 3.8) is 0 Å². The second-order valence-electron chi connectivity index (χ2n) is 7.24. The van der Waals surface area contributed by atoms with Crippen molar-refractivity contribution in [3.8, 4) is 5.88 Å². The van der Waals surface area contributed by atoms with Crippen LogP contribution in [-0.4, -0.2) is 56.6 Å². The van der Waals surface area contributed by atoms with E-state index in [1.165, 1.54) is 9.08 Å². The molecule has 2 aromatic heterocycles. The molecule has 0 atom stereocenters. The molecule has 27 heavy (non-hydrogen) atoms. The largest absolute Gasteiger partial charge is 0.492 e. The molecule has 1 aliphatic rings. The van der Waals surface area contributed by atoms with Crippen LogP contribution in [-0.2, 0) is 6.54 Å². The highest BCUT2D eigenvalue weighted by molar-refractivity contribution is 5.96. The van der Waals surface area contributed by atoms with Gasteiger partial charge in [-0.15, -0.1) is 17.5 Å². The van der Waals surface area contributed by atoms with E-state index in [0.29, 0.717) is 18.0 Å². The minimum absolute atomic E-state index is 0. The number of fused-ring (bicyclic) bond motifs is 1. The Morgan fingerprint density at radius 1 is 1.48 bits per heavy atom. The first kappa shape index (κ1) is 20.8. The lowest BCUT2D eigenvalue weighted by Gasteiger charge is -2.14. The van der Waals surface area contributed by atoms with Gasteiger partial charge >= 0.3 is 0 Å². The van der Waals surface area contributed by atoms with E-state index in [2.05, 4.69) is 15.4 Å². The molecular weight excluding hydrogens is 372 g/mol. The fraction of sp³-hybridized carbons (Fsp3) is 0.529. The highest BCUT2D eigenvalue weighted by atomic mass is 35.5. The van der Waals surface area contributed by atoms with Gasteiger partial charge in [-0.05, 0) is 18.8 Å². The van der Waals surface area contributed by atoms with Crippen molar-refractivity contribution in [1.29, 1.82) is 0 Å². The number of nitrogens with one attached hydrogen (secondary N) is 1. The molecule has 0 radical (unpaired) electrons. The van der Waals surface area contributed by atoms with E-state index < -0.39 is 17.3 Å². The molecular formula is C17H25ClN6O3. The molecule has 10 heteroatoms. The Kier molecular flexibility index (Phi) is 6.15. The molecule has 0 bridgehead atoms. The average Bonchev–Trinajstić information content (AvgIpc) is 3.25. The van der Waals surface area contributed by atoms with Crippen LogP contribution in [0, 0.1) is 5.92 Å². The second kappa shape index (κ2) is 7.99. The second-order valence-corrected chi connectivity index (χ2v) is 7.24. The van der Waals surface area contributed by atoms with Gasteiger partial charge in [0.1, 0.15) is 5.65 Å². The van der Waals surface area contributed by atoms with Crippen molar-refractivity contribution in [2.75, 3.05) is 14.1 Å². The molecule has 0 saturated heterocycles. The minimum Gasteiger partial charge on any atom is -0.492 e. The third-order valence-electron chi connectivity index (χ3n) is 3.95.